The molecule has 94 heavy (non-hydrogen) atoms. The fraction of sp³-hybridized carbons (Fsp3) is 0.214. The molecule has 0 spiro atoms. The molecule has 2 saturated carbocycles. The van der Waals surface area contributed by atoms with Crippen LogP contribution >= 0.6 is 0 Å². The summed E-state index contributed by atoms with van der Waals surface area (Å²) >= 11 is 0. The first-order valence-corrected chi connectivity index (χ1v) is 31.0. The van der Waals surface area contributed by atoms with Gasteiger partial charge in [0.25, 0.3) is 0 Å². The summed E-state index contributed by atoms with van der Waals surface area (Å²) in [6.07, 6.45) is 11.6. The zero-order valence-electron chi connectivity index (χ0n) is 65.1. The summed E-state index contributed by atoms with van der Waals surface area (Å²) in [7, 11) is 0. The largest absolute Gasteiger partial charge is 0.486 e. The maximum atomic E-state index is 9.14. The number of fused-ring (bicyclic) bond motifs is 6. The summed E-state index contributed by atoms with van der Waals surface area (Å²) in [5.41, 5.74) is 15.8. The van der Waals surface area contributed by atoms with Gasteiger partial charge in [-0.3, -0.25) is 0 Å². The summed E-state index contributed by atoms with van der Waals surface area (Å²) in [5, 5.41) is 3.97. The van der Waals surface area contributed by atoms with Gasteiger partial charge >= 0.3 is 0 Å². The molecular formula is C84H74Ir2N6O2-4. The molecule has 2 radical (unpaired) electrons. The number of aromatic nitrogens is 6. The van der Waals surface area contributed by atoms with Crippen molar-refractivity contribution >= 4 is 44.1 Å². The van der Waals surface area contributed by atoms with Crippen molar-refractivity contribution in [3.63, 3.8) is 0 Å². The number of nitrogens with zero attached hydrogens (tertiary/aromatic N) is 6. The van der Waals surface area contributed by atoms with Gasteiger partial charge in [0.15, 0.2) is 0 Å². The molecule has 2 aliphatic carbocycles. The Kier molecular flexibility index (Phi) is 16.9. The Hall–Kier alpha value is -8.88. The van der Waals surface area contributed by atoms with Gasteiger partial charge in [-0.1, -0.05) is 137 Å². The molecule has 0 amide bonds. The van der Waals surface area contributed by atoms with Crippen LogP contribution in [0.25, 0.3) is 89.2 Å². The van der Waals surface area contributed by atoms with Crippen molar-refractivity contribution in [1.82, 2.24) is 29.9 Å². The zero-order chi connectivity index (χ0) is 74.1. The van der Waals surface area contributed by atoms with Crippen molar-refractivity contribution in [2.24, 2.45) is 0 Å². The molecule has 474 valence electrons. The molecule has 14 aromatic rings. The van der Waals surface area contributed by atoms with Crippen molar-refractivity contribution in [2.45, 2.75) is 116 Å². The van der Waals surface area contributed by atoms with Gasteiger partial charge in [-0.2, -0.15) is 0 Å². The number of rotatable bonds is 8. The van der Waals surface area contributed by atoms with Crippen LogP contribution in [0, 0.1) is 65.6 Å². The molecule has 8 heterocycles. The molecule has 0 N–H and O–H groups in total. The van der Waals surface area contributed by atoms with E-state index in [4.69, 9.17) is 36.6 Å². The molecule has 10 heteroatoms. The standard InChI is InChI=1S/2C29H25N2O.2C13H12N.2Ir/c2*1-19-10-16-25-24-8-5-9-26(28(24)32-29(25)31-19)27-17-15-23(18-30-27)22-13-11-21(12-14-22)20-6-3-2-4-7-20;1-10-3-6-12(7-4-10)13-8-5-11(2)9-14-13;1-10-8-13(14-9-11(10)2)12-6-4-3-5-7-12;;/h2*2-8,10,15-18,21-22H,11-14H2,1H3;2*3-6,8-9H,1-2H3;;/q4*-1;;/i2*21D,22D;1D3,2D3;2D3;;. The minimum Gasteiger partial charge on any atom is -0.486 e. The number of pyridine rings is 6. The Morgan fingerprint density at radius 2 is 0.862 bits per heavy atom. The predicted molar refractivity (Wildman–Crippen MR) is 373 cm³/mol. The van der Waals surface area contributed by atoms with Crippen LogP contribution in [0.5, 0.6) is 0 Å². The van der Waals surface area contributed by atoms with E-state index in [0.717, 1.165) is 106 Å². The molecule has 6 aromatic carbocycles. The van der Waals surface area contributed by atoms with Gasteiger partial charge in [-0.15, -0.1) is 108 Å². The van der Waals surface area contributed by atoms with Crippen LogP contribution in [0.2, 0.25) is 0 Å². The first-order valence-electron chi connectivity index (χ1n) is 37.5. The maximum Gasteiger partial charge on any atom is 0.216 e. The molecule has 0 atom stereocenters. The molecule has 8 nitrogen and oxygen atoms in total. The minimum absolute atomic E-state index is 0. The van der Waals surface area contributed by atoms with Gasteiger partial charge in [0, 0.05) is 105 Å². The summed E-state index contributed by atoms with van der Waals surface area (Å²) in [6, 6.07) is 73.2. The van der Waals surface area contributed by atoms with Gasteiger partial charge < -0.3 is 28.8 Å². The summed E-state index contributed by atoms with van der Waals surface area (Å²) < 4.78 is 114. The first kappa shape index (κ1) is 51.5. The van der Waals surface area contributed by atoms with Crippen LogP contribution < -0.4 is 0 Å². The van der Waals surface area contributed by atoms with E-state index in [1.807, 2.05) is 184 Å². The normalized spacial score (nSPS) is 21.5. The minimum atomic E-state index is -2.18. The third-order valence-electron chi connectivity index (χ3n) is 17.0. The molecule has 2 fully saturated rings. The SMILES string of the molecule is [2H]C([2H])([2H])c1c[c-]c(-c2ccc(C([2H])([2H])[2H])cn2)cc1.[2H]C([2H])([2H])c1cnc(-c2[c-]cccc2)cc1C.[2H]C1(c2ccccc2)CCC([2H])(c2ccc(-c3[c-]ccc4c3oc3nc(C)ccc34)nc2)CC1.[2H]C1(c2ccccc2)CCC([2H])(c2ccc(-c3[c-]ccc4c3oc3nc(C)ccc34)nc2)CC1.[Ir].[Ir]. The van der Waals surface area contributed by atoms with Crippen LogP contribution in [-0.2, 0) is 40.2 Å². The monoisotopic (exact) mass is 1600 g/mol. The van der Waals surface area contributed by atoms with Crippen LogP contribution in [0.1, 0.15) is 149 Å². The Bertz CT molecular complexity index is 5070. The van der Waals surface area contributed by atoms with Gasteiger partial charge in [0.1, 0.15) is 0 Å². The second-order valence-electron chi connectivity index (χ2n) is 23.1. The van der Waals surface area contributed by atoms with Crippen molar-refractivity contribution in [3.8, 4) is 45.0 Å². The Labute approximate surface area is 597 Å². The van der Waals surface area contributed by atoms with E-state index in [-0.39, 0.29) is 51.3 Å². The maximum absolute atomic E-state index is 9.14. The number of hydrogen-bond donors (Lipinski definition) is 0. The van der Waals surface area contributed by atoms with Gasteiger partial charge in [0.05, 0.1) is 11.2 Å². The second kappa shape index (κ2) is 30.9. The van der Waals surface area contributed by atoms with Gasteiger partial charge in [-0.25, -0.2) is 9.97 Å². The first-order chi connectivity index (χ1) is 50.1. The van der Waals surface area contributed by atoms with Crippen molar-refractivity contribution in [2.75, 3.05) is 0 Å². The van der Waals surface area contributed by atoms with E-state index in [1.165, 1.54) is 30.6 Å². The Balaban J connectivity index is 0.000000147. The predicted octanol–water partition coefficient (Wildman–Crippen LogP) is 21.5. The fourth-order valence-electron chi connectivity index (χ4n) is 11.9. The van der Waals surface area contributed by atoms with E-state index in [0.29, 0.717) is 79.6 Å². The Morgan fingerprint density at radius 3 is 1.30 bits per heavy atom. The van der Waals surface area contributed by atoms with Crippen molar-refractivity contribution < 1.29 is 66.9 Å². The van der Waals surface area contributed by atoms with Crippen LogP contribution in [-0.4, -0.2) is 29.9 Å². The topological polar surface area (TPSA) is 104 Å². The third-order valence-corrected chi connectivity index (χ3v) is 17.0. The van der Waals surface area contributed by atoms with Crippen LogP contribution in [0.4, 0.5) is 0 Å². The molecule has 0 unspecified atom stereocenters. The van der Waals surface area contributed by atoms with Crippen LogP contribution in [0.15, 0.2) is 228 Å². The number of aryl methyl sites for hydroxylation is 6. The average molecular weight is 1600 g/mol. The molecule has 8 aromatic heterocycles. The van der Waals surface area contributed by atoms with Gasteiger partial charge in [-0.05, 0) is 190 Å². The zero-order valence-corrected chi connectivity index (χ0v) is 56.9. The van der Waals surface area contributed by atoms with E-state index >= 15 is 0 Å². The van der Waals surface area contributed by atoms with E-state index < -0.39 is 44.1 Å². The summed E-state index contributed by atoms with van der Waals surface area (Å²) in [6.45, 7) is -0.751. The number of hydrogen-bond acceptors (Lipinski definition) is 8. The summed E-state index contributed by atoms with van der Waals surface area (Å²) in [5.74, 6) is -2.67. The molecule has 0 saturated heterocycles. The second-order valence-corrected chi connectivity index (χ2v) is 23.1. The summed E-state index contributed by atoms with van der Waals surface area (Å²) in [4.78, 5) is 26.8. The van der Waals surface area contributed by atoms with Crippen molar-refractivity contribution in [1.29, 1.82) is 0 Å². The average Bonchev–Trinajstić information content (AvgIpc) is 1.58. The van der Waals surface area contributed by atoms with Crippen LogP contribution in [0.3, 0.4) is 0 Å². The molecule has 0 bridgehead atoms. The smallest absolute Gasteiger partial charge is 0.216 e. The van der Waals surface area contributed by atoms with E-state index in [2.05, 4.69) is 44.2 Å². The van der Waals surface area contributed by atoms with E-state index in [1.54, 1.807) is 25.1 Å². The quantitative estimate of drug-likeness (QED) is 0.139. The molecular weight excluding hydrogens is 1510 g/mol. The molecule has 0 aliphatic heterocycles. The Morgan fingerprint density at radius 1 is 0.383 bits per heavy atom. The van der Waals surface area contributed by atoms with E-state index in [9.17, 15) is 0 Å². The van der Waals surface area contributed by atoms with Gasteiger partial charge in [0.2, 0.25) is 11.4 Å². The molecule has 16 rings (SSSR count). The number of furan rings is 2. The van der Waals surface area contributed by atoms with Crippen molar-refractivity contribution in [3.05, 3.63) is 299 Å². The number of benzene rings is 6. The third kappa shape index (κ3) is 15.5. The molecule has 2 aliphatic rings. The fourth-order valence-corrected chi connectivity index (χ4v) is 11.9.